The lowest BCUT2D eigenvalue weighted by molar-refractivity contribution is 0.604. The van der Waals surface area contributed by atoms with Crippen LogP contribution in [0.5, 0.6) is 0 Å². The number of allylic oxidation sites excluding steroid dienone is 6. The van der Waals surface area contributed by atoms with Gasteiger partial charge in [-0.25, -0.2) is 0 Å². The van der Waals surface area contributed by atoms with E-state index in [-0.39, 0.29) is 0 Å². The van der Waals surface area contributed by atoms with Crippen molar-refractivity contribution in [2.45, 2.75) is 53.4 Å². The van der Waals surface area contributed by atoms with Crippen LogP contribution in [0.25, 0.3) is 0 Å². The molecule has 0 amide bonds. The summed E-state index contributed by atoms with van der Waals surface area (Å²) < 4.78 is 0. The van der Waals surface area contributed by atoms with Gasteiger partial charge in [-0.3, -0.25) is 0 Å². The van der Waals surface area contributed by atoms with Crippen LogP contribution in [0.1, 0.15) is 53.4 Å². The summed E-state index contributed by atoms with van der Waals surface area (Å²) >= 11 is 0. The molecule has 91 valence electrons. The van der Waals surface area contributed by atoms with Crippen molar-refractivity contribution in [1.82, 2.24) is 0 Å². The minimum Gasteiger partial charge on any atom is -0.0856 e. The molecule has 0 rings (SSSR count). The predicted molar refractivity (Wildman–Crippen MR) is 75.3 cm³/mol. The fourth-order valence-electron chi connectivity index (χ4n) is 1.59. The van der Waals surface area contributed by atoms with Gasteiger partial charge in [-0.05, 0) is 59.3 Å². The molecule has 0 saturated heterocycles. The monoisotopic (exact) mass is 219 g/mol. The van der Waals surface area contributed by atoms with Gasteiger partial charge in [-0.15, -0.1) is 0 Å². The first-order valence-corrected chi connectivity index (χ1v) is 6.32. The van der Waals surface area contributed by atoms with E-state index in [1.807, 2.05) is 0 Å². The maximum Gasteiger partial charge on any atom is -0.0259 e. The van der Waals surface area contributed by atoms with Crippen LogP contribution >= 0.6 is 0 Å². The SMILES string of the molecule is [CH2]C/C=C(\C)CCCC(C)/C=C/C=C(C)C. The summed E-state index contributed by atoms with van der Waals surface area (Å²) in [6.07, 6.45) is 13.6. The molecular formula is C16H27. The lowest BCUT2D eigenvalue weighted by Crippen LogP contribution is -1.90. The summed E-state index contributed by atoms with van der Waals surface area (Å²) in [5.74, 6) is 0.683. The van der Waals surface area contributed by atoms with Crippen LogP contribution in [-0.4, -0.2) is 0 Å². The van der Waals surface area contributed by atoms with Gasteiger partial charge in [-0.2, -0.15) is 0 Å². The summed E-state index contributed by atoms with van der Waals surface area (Å²) in [5.41, 5.74) is 2.84. The smallest absolute Gasteiger partial charge is 0.0259 e. The van der Waals surface area contributed by atoms with Gasteiger partial charge in [0, 0.05) is 0 Å². The molecule has 1 atom stereocenters. The zero-order valence-corrected chi connectivity index (χ0v) is 11.4. The van der Waals surface area contributed by atoms with E-state index in [9.17, 15) is 0 Å². The van der Waals surface area contributed by atoms with Crippen LogP contribution in [0.15, 0.2) is 35.5 Å². The standard InChI is InChI=1S/C16H27/c1-6-9-15(4)12-8-13-16(5)11-7-10-14(2)3/h7,9-11,16H,1,6,8,12-13H2,2-5H3/b11-7+,15-9+. The highest BCUT2D eigenvalue weighted by molar-refractivity contribution is 5.09. The Hall–Kier alpha value is -0.780. The lowest BCUT2D eigenvalue weighted by Gasteiger charge is -2.05. The van der Waals surface area contributed by atoms with E-state index in [2.05, 4.69) is 58.9 Å². The molecule has 1 radical (unpaired) electrons. The molecule has 0 aliphatic carbocycles. The highest BCUT2D eigenvalue weighted by Gasteiger charge is 1.97. The molecule has 0 saturated carbocycles. The largest absolute Gasteiger partial charge is 0.0856 e. The van der Waals surface area contributed by atoms with Gasteiger partial charge >= 0.3 is 0 Å². The van der Waals surface area contributed by atoms with Crippen LogP contribution in [0, 0.1) is 12.8 Å². The predicted octanol–water partition coefficient (Wildman–Crippen LogP) is 5.49. The quantitative estimate of drug-likeness (QED) is 0.392. The van der Waals surface area contributed by atoms with Crippen molar-refractivity contribution in [3.63, 3.8) is 0 Å². The minimum absolute atomic E-state index is 0.683. The summed E-state index contributed by atoms with van der Waals surface area (Å²) in [6.45, 7) is 12.6. The van der Waals surface area contributed by atoms with Crippen molar-refractivity contribution in [3.8, 4) is 0 Å². The second kappa shape index (κ2) is 9.45. The molecule has 0 aromatic carbocycles. The molecule has 0 N–H and O–H groups in total. The summed E-state index contributed by atoms with van der Waals surface area (Å²) in [7, 11) is 0. The average molecular weight is 219 g/mol. The number of hydrogen-bond donors (Lipinski definition) is 0. The van der Waals surface area contributed by atoms with Crippen molar-refractivity contribution >= 4 is 0 Å². The summed E-state index contributed by atoms with van der Waals surface area (Å²) in [6, 6.07) is 0. The molecule has 0 heterocycles. The zero-order valence-electron chi connectivity index (χ0n) is 11.4. The third kappa shape index (κ3) is 9.76. The Labute approximate surface area is 102 Å². The minimum atomic E-state index is 0.683. The molecule has 0 fully saturated rings. The van der Waals surface area contributed by atoms with Gasteiger partial charge in [-0.1, -0.05) is 42.4 Å². The van der Waals surface area contributed by atoms with Crippen molar-refractivity contribution in [3.05, 3.63) is 42.4 Å². The van der Waals surface area contributed by atoms with E-state index in [0.717, 1.165) is 6.42 Å². The van der Waals surface area contributed by atoms with E-state index >= 15 is 0 Å². The molecular weight excluding hydrogens is 192 g/mol. The normalized spacial score (nSPS) is 14.2. The van der Waals surface area contributed by atoms with Crippen molar-refractivity contribution in [2.24, 2.45) is 5.92 Å². The molecule has 16 heavy (non-hydrogen) atoms. The molecule has 0 aliphatic rings. The maximum absolute atomic E-state index is 3.83. The van der Waals surface area contributed by atoms with Gasteiger partial charge in [0.2, 0.25) is 0 Å². The van der Waals surface area contributed by atoms with Gasteiger partial charge in [0.05, 0.1) is 0 Å². The van der Waals surface area contributed by atoms with Crippen molar-refractivity contribution in [1.29, 1.82) is 0 Å². The van der Waals surface area contributed by atoms with E-state index in [1.54, 1.807) is 0 Å². The first-order valence-electron chi connectivity index (χ1n) is 6.32. The second-order valence-corrected chi connectivity index (χ2v) is 4.84. The fourth-order valence-corrected chi connectivity index (χ4v) is 1.59. The zero-order chi connectivity index (χ0) is 12.4. The van der Waals surface area contributed by atoms with Crippen LogP contribution in [0.2, 0.25) is 0 Å². The second-order valence-electron chi connectivity index (χ2n) is 4.84. The van der Waals surface area contributed by atoms with Crippen LogP contribution in [0.3, 0.4) is 0 Å². The number of rotatable bonds is 7. The topological polar surface area (TPSA) is 0 Å². The molecule has 0 nitrogen and oxygen atoms in total. The third-order valence-corrected chi connectivity index (χ3v) is 2.59. The Kier molecular flexibility index (Phi) is 8.99. The molecule has 0 bridgehead atoms. The van der Waals surface area contributed by atoms with E-state index in [4.69, 9.17) is 0 Å². The highest BCUT2D eigenvalue weighted by Crippen LogP contribution is 2.13. The Balaban J connectivity index is 3.74. The van der Waals surface area contributed by atoms with Gasteiger partial charge < -0.3 is 0 Å². The Morgan fingerprint density at radius 2 is 1.94 bits per heavy atom. The Bertz CT molecular complexity index is 249. The Morgan fingerprint density at radius 3 is 2.50 bits per heavy atom. The van der Waals surface area contributed by atoms with Gasteiger partial charge in [0.25, 0.3) is 0 Å². The van der Waals surface area contributed by atoms with Crippen LogP contribution < -0.4 is 0 Å². The lowest BCUT2D eigenvalue weighted by atomic mass is 10.0. The number of hydrogen-bond acceptors (Lipinski definition) is 0. The van der Waals surface area contributed by atoms with E-state index in [1.165, 1.54) is 30.4 Å². The fraction of sp³-hybridized carbons (Fsp3) is 0.562. The van der Waals surface area contributed by atoms with Crippen molar-refractivity contribution < 1.29 is 0 Å². The van der Waals surface area contributed by atoms with Crippen LogP contribution in [-0.2, 0) is 0 Å². The van der Waals surface area contributed by atoms with E-state index < -0.39 is 0 Å². The molecule has 0 spiro atoms. The highest BCUT2D eigenvalue weighted by atomic mass is 14.0. The first kappa shape index (κ1) is 15.2. The molecule has 0 aromatic rings. The first-order chi connectivity index (χ1) is 7.56. The van der Waals surface area contributed by atoms with Gasteiger partial charge in [0.1, 0.15) is 0 Å². The van der Waals surface area contributed by atoms with Gasteiger partial charge in [0.15, 0.2) is 0 Å². The van der Waals surface area contributed by atoms with E-state index in [0.29, 0.717) is 5.92 Å². The third-order valence-electron chi connectivity index (χ3n) is 2.59. The molecule has 0 aromatic heterocycles. The van der Waals surface area contributed by atoms with Crippen LogP contribution in [0.4, 0.5) is 0 Å². The average Bonchev–Trinajstić information content (AvgIpc) is 2.17. The summed E-state index contributed by atoms with van der Waals surface area (Å²) in [5, 5.41) is 0. The molecule has 0 heteroatoms. The Morgan fingerprint density at radius 1 is 1.25 bits per heavy atom. The van der Waals surface area contributed by atoms with Crippen molar-refractivity contribution in [2.75, 3.05) is 0 Å². The summed E-state index contributed by atoms with van der Waals surface area (Å²) in [4.78, 5) is 0. The molecule has 0 aliphatic heterocycles. The molecule has 1 unspecified atom stereocenters. The maximum atomic E-state index is 3.83.